The highest BCUT2D eigenvalue weighted by atomic mass is 16.4. The lowest BCUT2D eigenvalue weighted by Crippen LogP contribution is -2.34. The largest absolute Gasteiger partial charge is 0.409 e. The van der Waals surface area contributed by atoms with Crippen LogP contribution in [0.5, 0.6) is 0 Å². The Morgan fingerprint density at radius 2 is 2.28 bits per heavy atom. The van der Waals surface area contributed by atoms with Crippen LogP contribution >= 0.6 is 0 Å². The fourth-order valence-electron chi connectivity index (χ4n) is 2.79. The summed E-state index contributed by atoms with van der Waals surface area (Å²) in [6, 6.07) is 8.68. The van der Waals surface area contributed by atoms with Crippen molar-refractivity contribution in [3.63, 3.8) is 0 Å². The van der Waals surface area contributed by atoms with Gasteiger partial charge in [0.05, 0.1) is 6.54 Å². The molecule has 18 heavy (non-hydrogen) atoms. The summed E-state index contributed by atoms with van der Waals surface area (Å²) in [5, 5.41) is 11.6. The molecule has 0 radical (unpaired) electrons. The molecule has 4 heteroatoms. The van der Waals surface area contributed by atoms with E-state index >= 15 is 0 Å². The Morgan fingerprint density at radius 3 is 3.06 bits per heavy atom. The predicted molar refractivity (Wildman–Crippen MR) is 73.0 cm³/mol. The Balaban J connectivity index is 2.03. The van der Waals surface area contributed by atoms with Crippen molar-refractivity contribution in [2.75, 3.05) is 20.1 Å². The van der Waals surface area contributed by atoms with E-state index in [1.807, 2.05) is 7.05 Å². The van der Waals surface area contributed by atoms with E-state index in [1.54, 1.807) is 0 Å². The predicted octanol–water partition coefficient (Wildman–Crippen LogP) is 1.78. The third-order valence-corrected chi connectivity index (χ3v) is 3.59. The standard InChI is InChI=1S/C14H21N3O/c1-17(10-14(15)16-18)9-12-7-4-6-11-5-2-3-8-13(11)12/h2-3,5,8,12,18H,4,6-7,9-10H2,1H3,(H2,15,16). The summed E-state index contributed by atoms with van der Waals surface area (Å²) in [4.78, 5) is 2.11. The van der Waals surface area contributed by atoms with Crippen LogP contribution in [-0.4, -0.2) is 36.1 Å². The summed E-state index contributed by atoms with van der Waals surface area (Å²) >= 11 is 0. The van der Waals surface area contributed by atoms with E-state index < -0.39 is 0 Å². The molecule has 0 aliphatic heterocycles. The van der Waals surface area contributed by atoms with Gasteiger partial charge in [-0.2, -0.15) is 0 Å². The van der Waals surface area contributed by atoms with Crippen molar-refractivity contribution in [3.05, 3.63) is 35.4 Å². The van der Waals surface area contributed by atoms with Gasteiger partial charge in [0.1, 0.15) is 0 Å². The molecule has 0 saturated carbocycles. The number of nitrogens with zero attached hydrogens (tertiary/aromatic N) is 2. The van der Waals surface area contributed by atoms with Gasteiger partial charge in [-0.3, -0.25) is 4.90 Å². The average Bonchev–Trinajstić information content (AvgIpc) is 2.39. The normalized spacial score (nSPS) is 19.9. The fraction of sp³-hybridized carbons (Fsp3) is 0.500. The number of benzene rings is 1. The average molecular weight is 247 g/mol. The van der Waals surface area contributed by atoms with E-state index in [0.29, 0.717) is 12.5 Å². The molecule has 1 aliphatic rings. The van der Waals surface area contributed by atoms with Gasteiger partial charge >= 0.3 is 0 Å². The Morgan fingerprint density at radius 1 is 1.50 bits per heavy atom. The second-order valence-corrected chi connectivity index (χ2v) is 5.08. The quantitative estimate of drug-likeness (QED) is 0.369. The molecule has 98 valence electrons. The lowest BCUT2D eigenvalue weighted by Gasteiger charge is -2.29. The molecule has 1 unspecified atom stereocenters. The number of likely N-dealkylation sites (N-methyl/N-ethyl adjacent to an activating group) is 1. The second-order valence-electron chi connectivity index (χ2n) is 5.08. The van der Waals surface area contributed by atoms with Gasteiger partial charge in [0, 0.05) is 6.54 Å². The maximum atomic E-state index is 8.58. The second kappa shape index (κ2) is 5.87. The third-order valence-electron chi connectivity index (χ3n) is 3.59. The molecule has 0 amide bonds. The van der Waals surface area contributed by atoms with E-state index in [0.717, 1.165) is 6.54 Å². The Labute approximate surface area is 108 Å². The van der Waals surface area contributed by atoms with Crippen molar-refractivity contribution in [1.82, 2.24) is 4.90 Å². The molecule has 0 saturated heterocycles. The number of fused-ring (bicyclic) bond motifs is 1. The smallest absolute Gasteiger partial charge is 0.153 e. The minimum absolute atomic E-state index is 0.265. The van der Waals surface area contributed by atoms with Gasteiger partial charge in [0.25, 0.3) is 0 Å². The van der Waals surface area contributed by atoms with Gasteiger partial charge in [0.15, 0.2) is 5.84 Å². The molecule has 3 N–H and O–H groups in total. The first-order valence-electron chi connectivity index (χ1n) is 6.43. The highest BCUT2D eigenvalue weighted by Crippen LogP contribution is 2.31. The molecular formula is C14H21N3O. The number of hydrogen-bond donors (Lipinski definition) is 2. The molecule has 0 fully saturated rings. The highest BCUT2D eigenvalue weighted by molar-refractivity contribution is 5.81. The molecule has 2 rings (SSSR count). The van der Waals surface area contributed by atoms with Gasteiger partial charge < -0.3 is 10.9 Å². The van der Waals surface area contributed by atoms with E-state index in [9.17, 15) is 0 Å². The molecule has 1 aromatic carbocycles. The van der Waals surface area contributed by atoms with Crippen molar-refractivity contribution < 1.29 is 5.21 Å². The summed E-state index contributed by atoms with van der Waals surface area (Å²) in [5.74, 6) is 0.827. The lowest BCUT2D eigenvalue weighted by atomic mass is 9.82. The molecular weight excluding hydrogens is 226 g/mol. The van der Waals surface area contributed by atoms with Gasteiger partial charge in [-0.05, 0) is 43.4 Å². The van der Waals surface area contributed by atoms with Crippen LogP contribution in [0.4, 0.5) is 0 Å². The van der Waals surface area contributed by atoms with Gasteiger partial charge in [-0.15, -0.1) is 0 Å². The van der Waals surface area contributed by atoms with Crippen LogP contribution in [0.2, 0.25) is 0 Å². The molecule has 1 atom stereocenters. The van der Waals surface area contributed by atoms with Gasteiger partial charge in [-0.1, -0.05) is 29.4 Å². The first-order chi connectivity index (χ1) is 8.70. The monoisotopic (exact) mass is 247 g/mol. The number of aryl methyl sites for hydroxylation is 1. The Bertz CT molecular complexity index is 431. The number of nitrogens with two attached hydrogens (primary N) is 1. The van der Waals surface area contributed by atoms with Crippen LogP contribution in [-0.2, 0) is 6.42 Å². The minimum atomic E-state index is 0.265. The number of hydrogen-bond acceptors (Lipinski definition) is 3. The molecule has 0 heterocycles. The fourth-order valence-corrected chi connectivity index (χ4v) is 2.79. The summed E-state index contributed by atoms with van der Waals surface area (Å²) in [6.45, 7) is 1.46. The van der Waals surface area contributed by atoms with Crippen molar-refractivity contribution in [2.45, 2.75) is 25.2 Å². The first-order valence-corrected chi connectivity index (χ1v) is 6.43. The van der Waals surface area contributed by atoms with Crippen molar-refractivity contribution >= 4 is 5.84 Å². The highest BCUT2D eigenvalue weighted by Gasteiger charge is 2.21. The molecule has 0 aromatic heterocycles. The number of amidine groups is 1. The number of oxime groups is 1. The lowest BCUT2D eigenvalue weighted by molar-refractivity contribution is 0.301. The van der Waals surface area contributed by atoms with E-state index in [2.05, 4.69) is 34.3 Å². The first kappa shape index (κ1) is 12.9. The van der Waals surface area contributed by atoms with Crippen LogP contribution in [0.15, 0.2) is 29.4 Å². The van der Waals surface area contributed by atoms with Crippen LogP contribution in [0.1, 0.15) is 29.9 Å². The Kier molecular flexibility index (Phi) is 4.20. The molecule has 4 nitrogen and oxygen atoms in total. The van der Waals surface area contributed by atoms with Crippen molar-refractivity contribution in [1.29, 1.82) is 0 Å². The Hall–Kier alpha value is -1.55. The maximum Gasteiger partial charge on any atom is 0.153 e. The zero-order valence-electron chi connectivity index (χ0n) is 10.8. The van der Waals surface area contributed by atoms with E-state index in [4.69, 9.17) is 10.9 Å². The third kappa shape index (κ3) is 3.01. The number of rotatable bonds is 4. The van der Waals surface area contributed by atoms with Crippen LogP contribution in [0.3, 0.4) is 0 Å². The van der Waals surface area contributed by atoms with Crippen molar-refractivity contribution in [3.8, 4) is 0 Å². The van der Waals surface area contributed by atoms with Crippen LogP contribution in [0.25, 0.3) is 0 Å². The summed E-state index contributed by atoms with van der Waals surface area (Å²) in [7, 11) is 2.01. The van der Waals surface area contributed by atoms with Crippen molar-refractivity contribution in [2.24, 2.45) is 10.9 Å². The topological polar surface area (TPSA) is 61.8 Å². The zero-order valence-corrected chi connectivity index (χ0v) is 10.8. The summed E-state index contributed by atoms with van der Waals surface area (Å²) in [6.07, 6.45) is 3.66. The molecule has 1 aromatic rings. The maximum absolute atomic E-state index is 8.58. The summed E-state index contributed by atoms with van der Waals surface area (Å²) in [5.41, 5.74) is 8.48. The van der Waals surface area contributed by atoms with E-state index in [1.165, 1.54) is 30.4 Å². The van der Waals surface area contributed by atoms with E-state index in [-0.39, 0.29) is 5.84 Å². The minimum Gasteiger partial charge on any atom is -0.409 e. The van der Waals surface area contributed by atoms with Crippen LogP contribution < -0.4 is 5.73 Å². The zero-order chi connectivity index (χ0) is 13.0. The van der Waals surface area contributed by atoms with Crippen LogP contribution in [0, 0.1) is 0 Å². The van der Waals surface area contributed by atoms with Gasteiger partial charge in [0.2, 0.25) is 0 Å². The molecule has 1 aliphatic carbocycles. The molecule has 0 spiro atoms. The summed E-state index contributed by atoms with van der Waals surface area (Å²) < 4.78 is 0. The van der Waals surface area contributed by atoms with Gasteiger partial charge in [-0.25, -0.2) is 0 Å². The molecule has 0 bridgehead atoms. The SMILES string of the molecule is CN(C/C(N)=N/O)CC1CCCc2ccccc21.